The third kappa shape index (κ3) is 3.62. The van der Waals surface area contributed by atoms with Crippen LogP contribution in [0.2, 0.25) is 0 Å². The number of benzene rings is 2. The van der Waals surface area contributed by atoms with Crippen LogP contribution in [0.4, 0.5) is 10.1 Å². The van der Waals surface area contributed by atoms with Gasteiger partial charge in [0.2, 0.25) is 0 Å². The van der Waals surface area contributed by atoms with Crippen LogP contribution in [0.1, 0.15) is 29.3 Å². The highest BCUT2D eigenvalue weighted by Gasteiger charge is 2.38. The predicted octanol–water partition coefficient (Wildman–Crippen LogP) is 3.33. The summed E-state index contributed by atoms with van der Waals surface area (Å²) >= 11 is 0. The number of fused-ring (bicyclic) bond motifs is 1. The van der Waals surface area contributed by atoms with Crippen molar-refractivity contribution < 1.29 is 23.8 Å². The molecule has 27 heavy (non-hydrogen) atoms. The molecular formula is C21H22FNO4. The van der Waals surface area contributed by atoms with Crippen molar-refractivity contribution in [2.24, 2.45) is 0 Å². The Morgan fingerprint density at radius 3 is 2.74 bits per heavy atom. The summed E-state index contributed by atoms with van der Waals surface area (Å²) in [7, 11) is 0. The fourth-order valence-electron chi connectivity index (χ4n) is 3.86. The lowest BCUT2D eigenvalue weighted by molar-refractivity contribution is 0.0517. The molecule has 0 aromatic heterocycles. The molecular weight excluding hydrogens is 349 g/mol. The van der Waals surface area contributed by atoms with Gasteiger partial charge < -0.3 is 19.5 Å². The molecule has 0 bridgehead atoms. The van der Waals surface area contributed by atoms with Gasteiger partial charge in [-0.25, -0.2) is 4.39 Å². The highest BCUT2D eigenvalue weighted by atomic mass is 19.1. The largest absolute Gasteiger partial charge is 0.507 e. The van der Waals surface area contributed by atoms with Crippen molar-refractivity contribution >= 4 is 11.5 Å². The predicted molar refractivity (Wildman–Crippen MR) is 99.2 cm³/mol. The summed E-state index contributed by atoms with van der Waals surface area (Å²) in [4.78, 5) is 14.8. The van der Waals surface area contributed by atoms with E-state index in [0.29, 0.717) is 38.5 Å². The second-order valence-corrected chi connectivity index (χ2v) is 7.40. The molecule has 0 aliphatic carbocycles. The van der Waals surface area contributed by atoms with Gasteiger partial charge in [-0.05, 0) is 24.6 Å². The average molecular weight is 371 g/mol. The van der Waals surface area contributed by atoms with Gasteiger partial charge in [-0.2, -0.15) is 0 Å². The fraction of sp³-hybridized carbons (Fsp3) is 0.381. The number of morpholine rings is 1. The van der Waals surface area contributed by atoms with Crippen LogP contribution in [-0.4, -0.2) is 42.8 Å². The molecule has 1 saturated heterocycles. The number of ketones is 1. The minimum Gasteiger partial charge on any atom is -0.507 e. The van der Waals surface area contributed by atoms with E-state index in [2.05, 4.69) is 4.90 Å². The highest BCUT2D eigenvalue weighted by Crippen LogP contribution is 2.42. The number of ether oxygens (including phenoxy) is 2. The Morgan fingerprint density at radius 1 is 1.22 bits per heavy atom. The number of phenolic OH excluding ortho intramolecular Hbond substituents is 1. The van der Waals surface area contributed by atoms with Gasteiger partial charge in [0.25, 0.3) is 0 Å². The maximum atomic E-state index is 13.5. The van der Waals surface area contributed by atoms with Crippen LogP contribution in [0.15, 0.2) is 36.4 Å². The van der Waals surface area contributed by atoms with Crippen molar-refractivity contribution in [1.82, 2.24) is 0 Å². The number of hydrogen-bond acceptors (Lipinski definition) is 5. The number of nitrogens with zero attached hydrogens (tertiary/aromatic N) is 1. The summed E-state index contributed by atoms with van der Waals surface area (Å²) in [5.41, 5.74) is 0.997. The number of hydrogen-bond donors (Lipinski definition) is 1. The number of rotatable bonds is 3. The molecule has 2 heterocycles. The molecule has 0 amide bonds. The Hall–Kier alpha value is -2.60. The first-order valence-electron chi connectivity index (χ1n) is 9.10. The quantitative estimate of drug-likeness (QED) is 0.897. The molecule has 2 aliphatic rings. The number of anilines is 1. The number of carbonyl (C=O) groups excluding carboxylic acids is 1. The lowest BCUT2D eigenvalue weighted by Crippen LogP contribution is -2.41. The minimum atomic E-state index is -0.798. The van der Waals surface area contributed by atoms with Crippen LogP contribution < -0.4 is 9.64 Å². The monoisotopic (exact) mass is 371 g/mol. The first-order valence-corrected chi connectivity index (χ1v) is 9.10. The van der Waals surface area contributed by atoms with E-state index in [-0.39, 0.29) is 29.3 Å². The van der Waals surface area contributed by atoms with E-state index >= 15 is 0 Å². The summed E-state index contributed by atoms with van der Waals surface area (Å²) in [5.74, 6) is -0.162. The van der Waals surface area contributed by atoms with E-state index in [1.165, 1.54) is 12.1 Å². The molecule has 1 fully saturated rings. The third-order valence-corrected chi connectivity index (χ3v) is 5.08. The Balaban J connectivity index is 1.65. The summed E-state index contributed by atoms with van der Waals surface area (Å²) in [5, 5.41) is 10.4. The first-order chi connectivity index (χ1) is 12.9. The molecule has 2 aromatic carbocycles. The van der Waals surface area contributed by atoms with Gasteiger partial charge in [-0.3, -0.25) is 4.79 Å². The van der Waals surface area contributed by atoms with Gasteiger partial charge in [0.05, 0.1) is 19.6 Å². The highest BCUT2D eigenvalue weighted by molar-refractivity contribution is 6.03. The zero-order valence-corrected chi connectivity index (χ0v) is 15.2. The summed E-state index contributed by atoms with van der Waals surface area (Å²) in [6.45, 7) is 4.51. The summed E-state index contributed by atoms with van der Waals surface area (Å²) in [6.07, 6.45) is 0.527. The lowest BCUT2D eigenvalue weighted by Gasteiger charge is -2.36. The van der Waals surface area contributed by atoms with Gasteiger partial charge in [-0.1, -0.05) is 12.1 Å². The Kier molecular flexibility index (Phi) is 4.52. The van der Waals surface area contributed by atoms with Crippen molar-refractivity contribution in [3.63, 3.8) is 0 Å². The average Bonchev–Trinajstić information content (AvgIpc) is 2.61. The van der Waals surface area contributed by atoms with Crippen molar-refractivity contribution in [2.75, 3.05) is 31.2 Å². The van der Waals surface area contributed by atoms with E-state index in [9.17, 15) is 14.3 Å². The molecule has 1 atom stereocenters. The van der Waals surface area contributed by atoms with E-state index < -0.39 is 5.60 Å². The maximum absolute atomic E-state index is 13.5. The summed E-state index contributed by atoms with van der Waals surface area (Å²) < 4.78 is 25.1. The van der Waals surface area contributed by atoms with Crippen LogP contribution >= 0.6 is 0 Å². The van der Waals surface area contributed by atoms with Crippen LogP contribution in [0.25, 0.3) is 0 Å². The molecule has 2 aromatic rings. The molecule has 1 N–H and O–H groups in total. The molecule has 1 unspecified atom stereocenters. The number of phenols is 1. The standard InChI is InChI=1S/C21H22FNO4/c1-21(12-14-3-2-4-15(22)9-14)13-18(25)20-17(24)10-16(11-19(20)27-21)23-5-7-26-8-6-23/h2-4,9-11,24H,5-8,12-13H2,1H3. The minimum absolute atomic E-state index is 0.0632. The van der Waals surface area contributed by atoms with Gasteiger partial charge in [0.1, 0.15) is 28.5 Å². The molecule has 6 heteroatoms. The van der Waals surface area contributed by atoms with Gasteiger partial charge in [0, 0.05) is 37.3 Å². The Bertz CT molecular complexity index is 878. The zero-order valence-electron chi connectivity index (χ0n) is 15.2. The lowest BCUT2D eigenvalue weighted by atomic mass is 9.86. The molecule has 4 rings (SSSR count). The molecule has 2 aliphatic heterocycles. The van der Waals surface area contributed by atoms with Crippen molar-refractivity contribution in [2.45, 2.75) is 25.4 Å². The number of Topliss-reactive ketones (excluding diaryl/α,β-unsaturated/α-hetero) is 1. The molecule has 142 valence electrons. The van der Waals surface area contributed by atoms with Crippen LogP contribution in [0.3, 0.4) is 0 Å². The van der Waals surface area contributed by atoms with Gasteiger partial charge in [-0.15, -0.1) is 0 Å². The van der Waals surface area contributed by atoms with Crippen molar-refractivity contribution in [3.05, 3.63) is 53.3 Å². The first kappa shape index (κ1) is 17.8. The molecule has 0 radical (unpaired) electrons. The van der Waals surface area contributed by atoms with E-state index in [4.69, 9.17) is 9.47 Å². The topological polar surface area (TPSA) is 59.0 Å². The van der Waals surface area contributed by atoms with Crippen LogP contribution in [0.5, 0.6) is 11.5 Å². The number of aromatic hydroxyl groups is 1. The second-order valence-electron chi connectivity index (χ2n) is 7.40. The number of carbonyl (C=O) groups is 1. The summed E-state index contributed by atoms with van der Waals surface area (Å²) in [6, 6.07) is 9.73. The molecule has 0 spiro atoms. The van der Waals surface area contributed by atoms with E-state index in [1.54, 1.807) is 18.2 Å². The SMILES string of the molecule is CC1(Cc2cccc(F)c2)CC(=O)c2c(O)cc(N3CCOCC3)cc2O1. The van der Waals surface area contributed by atoms with Crippen LogP contribution in [-0.2, 0) is 11.2 Å². The van der Waals surface area contributed by atoms with Crippen molar-refractivity contribution in [3.8, 4) is 11.5 Å². The van der Waals surface area contributed by atoms with Gasteiger partial charge in [0.15, 0.2) is 5.78 Å². The third-order valence-electron chi connectivity index (χ3n) is 5.08. The Morgan fingerprint density at radius 2 is 2.00 bits per heavy atom. The zero-order chi connectivity index (χ0) is 19.0. The fourth-order valence-corrected chi connectivity index (χ4v) is 3.86. The molecule has 0 saturated carbocycles. The Labute approximate surface area is 157 Å². The number of halogens is 1. The van der Waals surface area contributed by atoms with Crippen molar-refractivity contribution in [1.29, 1.82) is 0 Å². The normalized spacial score (nSPS) is 22.3. The van der Waals surface area contributed by atoms with E-state index in [0.717, 1.165) is 11.3 Å². The maximum Gasteiger partial charge on any atom is 0.174 e. The smallest absolute Gasteiger partial charge is 0.174 e. The van der Waals surface area contributed by atoms with Crippen LogP contribution in [0, 0.1) is 5.82 Å². The van der Waals surface area contributed by atoms with Gasteiger partial charge >= 0.3 is 0 Å². The molecule has 5 nitrogen and oxygen atoms in total. The second kappa shape index (κ2) is 6.85. The van der Waals surface area contributed by atoms with E-state index in [1.807, 2.05) is 13.0 Å².